The van der Waals surface area contributed by atoms with Gasteiger partial charge in [-0.1, -0.05) is 6.07 Å². The highest BCUT2D eigenvalue weighted by Crippen LogP contribution is 2.25. The Labute approximate surface area is 107 Å². The van der Waals surface area contributed by atoms with E-state index in [0.29, 0.717) is 29.2 Å². The van der Waals surface area contributed by atoms with Crippen LogP contribution in [0, 0.1) is 6.92 Å². The summed E-state index contributed by atoms with van der Waals surface area (Å²) in [4.78, 5) is 0. The molecule has 0 unspecified atom stereocenters. The fraction of sp³-hybridized carbons (Fsp3) is 0.143. The lowest BCUT2D eigenvalue weighted by Crippen LogP contribution is -2.01. The van der Waals surface area contributed by atoms with Crippen LogP contribution in [0.15, 0.2) is 30.3 Å². The highest BCUT2D eigenvalue weighted by Gasteiger charge is 2.05. The molecule has 0 bridgehead atoms. The average Bonchev–Trinajstić information content (AvgIpc) is 2.29. The van der Waals surface area contributed by atoms with Crippen LogP contribution < -0.4 is 22.9 Å². The molecule has 4 heteroatoms. The van der Waals surface area contributed by atoms with Crippen LogP contribution in [0.2, 0.25) is 0 Å². The van der Waals surface area contributed by atoms with E-state index < -0.39 is 0 Å². The summed E-state index contributed by atoms with van der Waals surface area (Å²) in [6, 6.07) is 9.39. The minimum atomic E-state index is 0.666. The van der Waals surface area contributed by atoms with Crippen molar-refractivity contribution in [1.82, 2.24) is 0 Å². The lowest BCUT2D eigenvalue weighted by atomic mass is 10.00. The van der Waals surface area contributed by atoms with Crippen LogP contribution in [-0.2, 0) is 6.42 Å². The summed E-state index contributed by atoms with van der Waals surface area (Å²) in [5.41, 5.74) is 29.2. The molecule has 2 aromatic rings. The smallest absolute Gasteiger partial charge is 0.0370 e. The van der Waals surface area contributed by atoms with E-state index in [4.69, 9.17) is 22.9 Å². The van der Waals surface area contributed by atoms with Gasteiger partial charge in [-0.2, -0.15) is 0 Å². The Morgan fingerprint density at radius 2 is 1.44 bits per heavy atom. The molecule has 0 amide bonds. The van der Waals surface area contributed by atoms with Gasteiger partial charge in [0, 0.05) is 22.7 Å². The van der Waals surface area contributed by atoms with Crippen LogP contribution in [0.1, 0.15) is 16.7 Å². The summed E-state index contributed by atoms with van der Waals surface area (Å²) in [6.07, 6.45) is 0.695. The van der Waals surface area contributed by atoms with Crippen molar-refractivity contribution >= 4 is 22.7 Å². The fourth-order valence-corrected chi connectivity index (χ4v) is 1.92. The van der Waals surface area contributed by atoms with Gasteiger partial charge in [0.2, 0.25) is 0 Å². The maximum atomic E-state index is 5.93. The second-order valence-electron chi connectivity index (χ2n) is 4.53. The third kappa shape index (κ3) is 2.32. The molecule has 18 heavy (non-hydrogen) atoms. The normalized spacial score (nSPS) is 10.5. The summed E-state index contributed by atoms with van der Waals surface area (Å²) in [6.45, 7) is 1.91. The molecule has 4 nitrogen and oxygen atoms in total. The summed E-state index contributed by atoms with van der Waals surface area (Å²) in [5, 5.41) is 0. The Kier molecular flexibility index (Phi) is 3.02. The van der Waals surface area contributed by atoms with E-state index in [1.165, 1.54) is 0 Å². The monoisotopic (exact) mass is 242 g/mol. The van der Waals surface area contributed by atoms with Crippen LogP contribution >= 0.6 is 0 Å². The van der Waals surface area contributed by atoms with Crippen molar-refractivity contribution in [2.45, 2.75) is 13.3 Å². The molecule has 0 aromatic heterocycles. The van der Waals surface area contributed by atoms with E-state index in [9.17, 15) is 0 Å². The number of nitrogens with two attached hydrogens (primary N) is 4. The number of nitrogen functional groups attached to an aromatic ring is 4. The fourth-order valence-electron chi connectivity index (χ4n) is 1.92. The predicted octanol–water partition coefficient (Wildman–Crippen LogP) is 1.91. The quantitative estimate of drug-likeness (QED) is 0.604. The molecular weight excluding hydrogens is 224 g/mol. The van der Waals surface area contributed by atoms with Crippen LogP contribution in [-0.4, -0.2) is 0 Å². The molecule has 0 spiro atoms. The number of benzene rings is 2. The van der Waals surface area contributed by atoms with E-state index in [2.05, 4.69) is 0 Å². The largest absolute Gasteiger partial charge is 0.399 e. The highest BCUT2D eigenvalue weighted by molar-refractivity contribution is 5.64. The topological polar surface area (TPSA) is 104 Å². The molecule has 0 saturated carbocycles. The number of rotatable bonds is 2. The predicted molar refractivity (Wildman–Crippen MR) is 78.1 cm³/mol. The van der Waals surface area contributed by atoms with E-state index in [0.717, 1.165) is 16.7 Å². The molecule has 0 aliphatic heterocycles. The Hall–Kier alpha value is -2.36. The van der Waals surface area contributed by atoms with Crippen molar-refractivity contribution in [1.29, 1.82) is 0 Å². The first-order valence-corrected chi connectivity index (χ1v) is 5.75. The summed E-state index contributed by atoms with van der Waals surface area (Å²) in [7, 11) is 0. The molecule has 8 N–H and O–H groups in total. The summed E-state index contributed by atoms with van der Waals surface area (Å²) < 4.78 is 0. The molecule has 0 aliphatic rings. The number of anilines is 4. The first kappa shape index (κ1) is 12.1. The minimum absolute atomic E-state index is 0.666. The number of hydrogen-bond acceptors (Lipinski definition) is 4. The van der Waals surface area contributed by atoms with Gasteiger partial charge in [0.15, 0.2) is 0 Å². The second-order valence-corrected chi connectivity index (χ2v) is 4.53. The van der Waals surface area contributed by atoms with E-state index in [-0.39, 0.29) is 0 Å². The van der Waals surface area contributed by atoms with Gasteiger partial charge < -0.3 is 22.9 Å². The van der Waals surface area contributed by atoms with Gasteiger partial charge in [0.05, 0.1) is 0 Å². The SMILES string of the molecule is Cc1c(N)cc(Cc2ccc(N)cc2N)cc1N. The molecule has 2 rings (SSSR count). The number of hydrogen-bond donors (Lipinski definition) is 4. The lowest BCUT2D eigenvalue weighted by molar-refractivity contribution is 1.19. The second kappa shape index (κ2) is 4.49. The van der Waals surface area contributed by atoms with Gasteiger partial charge >= 0.3 is 0 Å². The molecule has 0 fully saturated rings. The van der Waals surface area contributed by atoms with Crippen LogP contribution in [0.3, 0.4) is 0 Å². The summed E-state index contributed by atoms with van der Waals surface area (Å²) in [5.74, 6) is 0. The average molecular weight is 242 g/mol. The molecule has 0 aliphatic carbocycles. The third-order valence-corrected chi connectivity index (χ3v) is 3.11. The molecule has 0 atom stereocenters. The molecule has 2 aromatic carbocycles. The van der Waals surface area contributed by atoms with Gasteiger partial charge in [-0.15, -0.1) is 0 Å². The van der Waals surface area contributed by atoms with Crippen molar-refractivity contribution in [2.24, 2.45) is 0 Å². The first-order chi connectivity index (χ1) is 8.47. The van der Waals surface area contributed by atoms with Gasteiger partial charge in [-0.25, -0.2) is 0 Å². The van der Waals surface area contributed by atoms with Crippen LogP contribution in [0.5, 0.6) is 0 Å². The molecular formula is C14H18N4. The third-order valence-electron chi connectivity index (χ3n) is 3.11. The summed E-state index contributed by atoms with van der Waals surface area (Å²) >= 11 is 0. The first-order valence-electron chi connectivity index (χ1n) is 5.75. The molecule has 0 heterocycles. The van der Waals surface area contributed by atoms with Gasteiger partial charge in [-0.3, -0.25) is 0 Å². The van der Waals surface area contributed by atoms with E-state index >= 15 is 0 Å². The van der Waals surface area contributed by atoms with Gasteiger partial charge in [-0.05, 0) is 54.3 Å². The Bertz CT molecular complexity index is 567. The molecule has 0 saturated heterocycles. The van der Waals surface area contributed by atoms with Crippen molar-refractivity contribution < 1.29 is 0 Å². The zero-order chi connectivity index (χ0) is 13.3. The van der Waals surface area contributed by atoms with Crippen LogP contribution in [0.25, 0.3) is 0 Å². The Morgan fingerprint density at radius 1 is 0.833 bits per heavy atom. The molecule has 94 valence electrons. The van der Waals surface area contributed by atoms with Crippen molar-refractivity contribution in [3.05, 3.63) is 47.0 Å². The standard InChI is InChI=1S/C14H18N4/c1-8-12(16)5-9(6-13(8)17)4-10-2-3-11(15)7-14(10)18/h2-3,5-7H,4,15-18H2,1H3. The van der Waals surface area contributed by atoms with E-state index in [1.807, 2.05) is 31.2 Å². The Balaban J connectivity index is 2.34. The van der Waals surface area contributed by atoms with Crippen molar-refractivity contribution in [3.8, 4) is 0 Å². The highest BCUT2D eigenvalue weighted by atomic mass is 14.6. The maximum absolute atomic E-state index is 5.93. The van der Waals surface area contributed by atoms with E-state index in [1.54, 1.807) is 6.07 Å². The van der Waals surface area contributed by atoms with Crippen LogP contribution in [0.4, 0.5) is 22.7 Å². The van der Waals surface area contributed by atoms with Crippen molar-refractivity contribution in [2.75, 3.05) is 22.9 Å². The zero-order valence-electron chi connectivity index (χ0n) is 10.4. The van der Waals surface area contributed by atoms with Crippen molar-refractivity contribution in [3.63, 3.8) is 0 Å². The zero-order valence-corrected chi connectivity index (χ0v) is 10.4. The molecule has 0 radical (unpaired) electrons. The Morgan fingerprint density at radius 3 is 2.00 bits per heavy atom. The maximum Gasteiger partial charge on any atom is 0.0370 e. The lowest BCUT2D eigenvalue weighted by Gasteiger charge is -2.10. The minimum Gasteiger partial charge on any atom is -0.399 e. The van der Waals surface area contributed by atoms with Gasteiger partial charge in [0.25, 0.3) is 0 Å². The van der Waals surface area contributed by atoms with Gasteiger partial charge in [0.1, 0.15) is 0 Å².